The second-order valence-electron chi connectivity index (χ2n) is 17.0. The molecule has 74 heavy (non-hydrogen) atoms. The van der Waals surface area contributed by atoms with Crippen LogP contribution in [-0.4, -0.2) is 101 Å². The molecule has 0 aliphatic rings. The summed E-state index contributed by atoms with van der Waals surface area (Å²) in [5, 5.41) is 17.9. The molecule has 0 fully saturated rings. The lowest BCUT2D eigenvalue weighted by atomic mass is 10.1. The Balaban J connectivity index is 0.626. The fourth-order valence-electron chi connectivity index (χ4n) is 7.88. The summed E-state index contributed by atoms with van der Waals surface area (Å²) in [6.07, 6.45) is 3.85. The van der Waals surface area contributed by atoms with Crippen molar-refractivity contribution in [2.45, 2.75) is 32.7 Å². The molecule has 0 amide bonds. The molecule has 17 nitrogen and oxygen atoms in total. The first-order chi connectivity index (χ1) is 36.3. The van der Waals surface area contributed by atoms with E-state index in [4.69, 9.17) is 37.3 Å². The van der Waals surface area contributed by atoms with Crippen LogP contribution in [0.5, 0.6) is 11.5 Å². The van der Waals surface area contributed by atoms with E-state index >= 15 is 0 Å². The molecule has 0 bridgehead atoms. The fourth-order valence-corrected chi connectivity index (χ4v) is 7.88. The standard InChI is InChI=1S/C55H53F2N7O10/c56-42-10-16-52-48(30-42)50(65)32-54(73-52)40-6-12-46(13-7-40)71-28-26-69-24-22-67-20-18-63-37-44(58-60-63)35-62(34-39-4-2-1-3-5-39)36-45-38-64(61-59-45)19-21-68-23-25-70-27-29-72-47-14-8-41(9-15-47)55-33-51(66)49-31-43(57)11-17-53(49)74-55/h1-17,30-33,37-38H,18-29,34-36H2. The highest BCUT2D eigenvalue weighted by atomic mass is 19.1. The summed E-state index contributed by atoms with van der Waals surface area (Å²) in [4.78, 5) is 27.2. The normalized spacial score (nSPS) is 11.6. The maximum absolute atomic E-state index is 13.6. The molecule has 9 rings (SSSR count). The van der Waals surface area contributed by atoms with E-state index in [0.717, 1.165) is 17.0 Å². The van der Waals surface area contributed by atoms with Crippen molar-refractivity contribution >= 4 is 21.9 Å². The van der Waals surface area contributed by atoms with Crippen molar-refractivity contribution in [3.05, 3.63) is 189 Å². The van der Waals surface area contributed by atoms with Crippen LogP contribution in [0.25, 0.3) is 44.6 Å². The van der Waals surface area contributed by atoms with Gasteiger partial charge in [-0.3, -0.25) is 14.5 Å². The van der Waals surface area contributed by atoms with Crippen molar-refractivity contribution in [2.24, 2.45) is 0 Å². The van der Waals surface area contributed by atoms with E-state index < -0.39 is 11.6 Å². The van der Waals surface area contributed by atoms with Crippen molar-refractivity contribution in [3.8, 4) is 34.1 Å². The van der Waals surface area contributed by atoms with Gasteiger partial charge >= 0.3 is 0 Å². The highest BCUT2D eigenvalue weighted by molar-refractivity contribution is 5.79. The third-order valence-electron chi connectivity index (χ3n) is 11.5. The Morgan fingerprint density at radius 3 is 1.36 bits per heavy atom. The molecule has 0 N–H and O–H groups in total. The van der Waals surface area contributed by atoms with Gasteiger partial charge in [0, 0.05) is 55.3 Å². The maximum atomic E-state index is 13.6. The third-order valence-corrected chi connectivity index (χ3v) is 11.5. The summed E-state index contributed by atoms with van der Waals surface area (Å²) in [6, 6.07) is 35.0. The smallest absolute Gasteiger partial charge is 0.193 e. The summed E-state index contributed by atoms with van der Waals surface area (Å²) in [7, 11) is 0. The van der Waals surface area contributed by atoms with Crippen LogP contribution in [0.1, 0.15) is 17.0 Å². The number of hydrogen-bond donors (Lipinski definition) is 0. The van der Waals surface area contributed by atoms with E-state index in [1.165, 1.54) is 48.5 Å². The molecule has 0 aliphatic heterocycles. The zero-order valence-corrected chi connectivity index (χ0v) is 40.4. The molecule has 382 valence electrons. The van der Waals surface area contributed by atoms with Crippen molar-refractivity contribution in [1.82, 2.24) is 34.9 Å². The van der Waals surface area contributed by atoms with Crippen LogP contribution in [0.4, 0.5) is 8.78 Å². The number of fused-ring (bicyclic) bond motifs is 2. The summed E-state index contributed by atoms with van der Waals surface area (Å²) in [5.74, 6) is 1.07. The van der Waals surface area contributed by atoms with Gasteiger partial charge in [-0.05, 0) is 90.5 Å². The predicted molar refractivity (Wildman–Crippen MR) is 269 cm³/mol. The minimum Gasteiger partial charge on any atom is -0.491 e. The van der Waals surface area contributed by atoms with Crippen molar-refractivity contribution in [1.29, 1.82) is 0 Å². The Labute approximate surface area is 423 Å². The molecule has 0 spiro atoms. The lowest BCUT2D eigenvalue weighted by Gasteiger charge is -2.20. The highest BCUT2D eigenvalue weighted by Crippen LogP contribution is 2.26. The number of nitrogens with zero attached hydrogens (tertiary/aromatic N) is 7. The molecule has 4 heterocycles. The molecule has 0 saturated heterocycles. The molecule has 0 aliphatic carbocycles. The molecule has 9 aromatic rings. The number of rotatable bonds is 28. The highest BCUT2D eigenvalue weighted by Gasteiger charge is 2.15. The molecule has 0 atom stereocenters. The summed E-state index contributed by atoms with van der Waals surface area (Å²) in [6.45, 7) is 6.78. The van der Waals surface area contributed by atoms with E-state index in [0.29, 0.717) is 144 Å². The minimum atomic E-state index is -0.491. The van der Waals surface area contributed by atoms with Gasteiger partial charge in [-0.1, -0.05) is 40.8 Å². The minimum absolute atomic E-state index is 0.197. The monoisotopic (exact) mass is 1010 g/mol. The fraction of sp³-hybridized carbons (Fsp3) is 0.273. The Morgan fingerprint density at radius 2 is 0.905 bits per heavy atom. The van der Waals surface area contributed by atoms with Gasteiger partial charge in [0.15, 0.2) is 10.9 Å². The first-order valence-corrected chi connectivity index (χ1v) is 24.1. The van der Waals surface area contributed by atoms with Gasteiger partial charge in [0.1, 0.15) is 59.0 Å². The number of hydrogen-bond acceptors (Lipinski definition) is 15. The quantitative estimate of drug-likeness (QED) is 0.0429. The average molecular weight is 1010 g/mol. The number of ether oxygens (including phenoxy) is 6. The molecular weight excluding hydrogens is 957 g/mol. The van der Waals surface area contributed by atoms with Gasteiger partial charge in [-0.25, -0.2) is 18.1 Å². The van der Waals surface area contributed by atoms with E-state index in [2.05, 4.69) is 37.7 Å². The van der Waals surface area contributed by atoms with Gasteiger partial charge in [0.2, 0.25) is 0 Å². The Hall–Kier alpha value is -7.94. The van der Waals surface area contributed by atoms with E-state index in [9.17, 15) is 18.4 Å². The van der Waals surface area contributed by atoms with Crippen molar-refractivity contribution in [3.63, 3.8) is 0 Å². The Bertz CT molecular complexity index is 3130. The van der Waals surface area contributed by atoms with Gasteiger partial charge in [0.05, 0.1) is 88.1 Å². The molecule has 0 unspecified atom stereocenters. The predicted octanol–water partition coefficient (Wildman–Crippen LogP) is 8.12. The van der Waals surface area contributed by atoms with Crippen LogP contribution >= 0.6 is 0 Å². The Morgan fingerprint density at radius 1 is 0.473 bits per heavy atom. The van der Waals surface area contributed by atoms with E-state index in [1.807, 2.05) is 30.6 Å². The second-order valence-corrected chi connectivity index (χ2v) is 17.0. The number of benzene rings is 5. The van der Waals surface area contributed by atoms with E-state index in [1.54, 1.807) is 57.9 Å². The molecule has 19 heteroatoms. The molecule has 4 aromatic heterocycles. The second kappa shape index (κ2) is 25.6. The van der Waals surface area contributed by atoms with Crippen LogP contribution in [0.15, 0.2) is 158 Å². The lowest BCUT2D eigenvalue weighted by Crippen LogP contribution is -2.23. The lowest BCUT2D eigenvalue weighted by molar-refractivity contribution is 0.0333. The van der Waals surface area contributed by atoms with Crippen molar-refractivity contribution in [2.75, 3.05) is 66.1 Å². The first kappa shape index (κ1) is 51.0. The SMILES string of the molecule is O=c1cc(-c2ccc(OCCOCCOCCn3cc(CN(Cc4ccccc4)Cc4cn(CCOCCOCCOc5ccc(-c6cc(=O)c7cc(F)ccc7o6)cc5)nn4)nn3)cc2)oc2ccc(F)cc12. The number of aromatic nitrogens is 6. The third kappa shape index (κ3) is 14.6. The zero-order valence-electron chi connectivity index (χ0n) is 40.4. The molecule has 0 saturated carbocycles. The summed E-state index contributed by atoms with van der Waals surface area (Å²) in [5.41, 5.74) is 4.20. The van der Waals surface area contributed by atoms with Crippen LogP contribution in [0, 0.1) is 11.6 Å². The maximum Gasteiger partial charge on any atom is 0.193 e. The van der Waals surface area contributed by atoms with Gasteiger partial charge < -0.3 is 37.3 Å². The number of halogens is 2. The van der Waals surface area contributed by atoms with Crippen LogP contribution in [0.3, 0.4) is 0 Å². The van der Waals surface area contributed by atoms with Crippen LogP contribution < -0.4 is 20.3 Å². The van der Waals surface area contributed by atoms with Crippen molar-refractivity contribution < 1.29 is 46.0 Å². The van der Waals surface area contributed by atoms with Gasteiger partial charge in [0.25, 0.3) is 0 Å². The molecular formula is C55H53F2N7O10. The topological polar surface area (TPSA) is 180 Å². The average Bonchev–Trinajstić information content (AvgIpc) is 4.07. The largest absolute Gasteiger partial charge is 0.491 e. The summed E-state index contributed by atoms with van der Waals surface area (Å²) < 4.78 is 76.8. The molecule has 0 radical (unpaired) electrons. The van der Waals surface area contributed by atoms with Gasteiger partial charge in [-0.2, -0.15) is 0 Å². The zero-order chi connectivity index (χ0) is 50.9. The molecule has 5 aromatic carbocycles. The van der Waals surface area contributed by atoms with Crippen LogP contribution in [0.2, 0.25) is 0 Å². The van der Waals surface area contributed by atoms with E-state index in [-0.39, 0.29) is 21.6 Å². The van der Waals surface area contributed by atoms with Gasteiger partial charge in [-0.15, -0.1) is 10.2 Å². The Kier molecular flexibility index (Phi) is 17.7. The summed E-state index contributed by atoms with van der Waals surface area (Å²) >= 11 is 0. The first-order valence-electron chi connectivity index (χ1n) is 24.1. The van der Waals surface area contributed by atoms with Crippen LogP contribution in [-0.2, 0) is 51.7 Å².